The Morgan fingerprint density at radius 1 is 0.654 bits per heavy atom. The third-order valence-corrected chi connectivity index (χ3v) is 12.7. The lowest BCUT2D eigenvalue weighted by molar-refractivity contribution is -0.142. The first-order chi connectivity index (χ1) is 38.6. The molecule has 0 saturated heterocycles. The molecule has 81 heavy (non-hydrogen) atoms. The van der Waals surface area contributed by atoms with Gasteiger partial charge < -0.3 is 85.4 Å². The number of hydrogen-bond donors (Lipinski definition) is 16. The van der Waals surface area contributed by atoms with E-state index >= 15 is 0 Å². The number of aromatic nitrogens is 3. The van der Waals surface area contributed by atoms with Crippen molar-refractivity contribution < 1.29 is 63.3 Å². The largest absolute Gasteiger partial charge is 0.481 e. The van der Waals surface area contributed by atoms with Crippen LogP contribution in [0.5, 0.6) is 0 Å². The number of carboxylic acid groups (broad SMARTS) is 3. The Morgan fingerprint density at radius 3 is 1.81 bits per heavy atom. The highest BCUT2D eigenvalue weighted by atomic mass is 32.2. The summed E-state index contributed by atoms with van der Waals surface area (Å²) in [6.45, 7) is 0.794. The number of benzene rings is 2. The number of fused-ring (bicyclic) bond motifs is 1. The SMILES string of the molecule is CC(=O)O.CSCC[C@H](N)C(=O)N[C@@H](CCC(=O)O)C(=O)N[C@@H](Cc1cnc[nH]1)C(=O)N[C@@H](Cc1ccccc1)C(=O)N[C@@H](CCCN=C(N)N)C(=O)N[C@@H](Cc1c[nH]c2ccccc12)C(=O)NCC(=O)N[C@@H](CCCCN)C(=O)O. The molecule has 2 aromatic heterocycles. The van der Waals surface area contributed by atoms with E-state index in [-0.39, 0.29) is 63.9 Å². The molecular weight excluding hydrogens is 1070 g/mol. The summed E-state index contributed by atoms with van der Waals surface area (Å²) < 4.78 is 0. The number of guanidine groups is 1. The van der Waals surface area contributed by atoms with Crippen molar-refractivity contribution in [3.8, 4) is 0 Å². The van der Waals surface area contributed by atoms with Gasteiger partial charge in [0.05, 0.1) is 18.9 Å². The fraction of sp³-hybridized carbons (Fsp3) is 0.462. The molecule has 0 aliphatic heterocycles. The van der Waals surface area contributed by atoms with Gasteiger partial charge in [0.2, 0.25) is 41.4 Å². The number of unbranched alkanes of at least 4 members (excludes halogenated alkanes) is 1. The number of nitrogens with one attached hydrogen (secondary N) is 9. The summed E-state index contributed by atoms with van der Waals surface area (Å²) >= 11 is 1.45. The van der Waals surface area contributed by atoms with E-state index in [1.165, 1.54) is 24.3 Å². The van der Waals surface area contributed by atoms with Gasteiger partial charge in [-0.15, -0.1) is 0 Å². The standard InChI is InChI=1S/C50H71N15O11S.C2H4O2/c1-77-21-18-33(52)43(69)61-36(16-17-42(67)68)46(72)65-40(24-31-26-55-28-59-31)48(74)63-38(22-29-10-3-2-4-11-29)47(73)62-35(15-9-20-56-50(53)54)45(71)64-39(23-30-25-57-34-13-6-5-12-32(30)34)44(70)58-27-41(66)60-37(49(75)76)14-7-8-19-51;1-2(3)4/h2-6,10-13,25-26,28,33,35-40,57H,7-9,14-24,27,51-52H2,1H3,(H,55,59)(H,58,70)(H,60,66)(H,61,69)(H,62,73)(H,63,74)(H,64,71)(H,65,72)(H,67,68)(H,75,76)(H4,53,54,56);1H3,(H,3,4)/t33-,35-,36-,37-,38-,39-,40-;/m0./s1. The lowest BCUT2D eigenvalue weighted by atomic mass is 10.0. The minimum Gasteiger partial charge on any atom is -0.481 e. The van der Waals surface area contributed by atoms with Gasteiger partial charge in [-0.3, -0.25) is 48.1 Å². The van der Waals surface area contributed by atoms with Crippen LogP contribution >= 0.6 is 11.8 Å². The zero-order valence-corrected chi connectivity index (χ0v) is 45.9. The molecule has 0 aliphatic carbocycles. The molecule has 7 amide bonds. The molecule has 28 nitrogen and oxygen atoms in total. The number of para-hydroxylation sites is 1. The lowest BCUT2D eigenvalue weighted by Crippen LogP contribution is -2.60. The van der Waals surface area contributed by atoms with Crippen molar-refractivity contribution in [1.29, 1.82) is 0 Å². The first-order valence-corrected chi connectivity index (χ1v) is 27.3. The molecule has 2 heterocycles. The molecule has 442 valence electrons. The number of rotatable bonds is 35. The first kappa shape index (κ1) is 66.7. The third-order valence-electron chi connectivity index (χ3n) is 12.1. The number of thioether (sulfide) groups is 1. The molecule has 0 fully saturated rings. The van der Waals surface area contributed by atoms with Crippen LogP contribution in [0.4, 0.5) is 0 Å². The number of nitrogens with zero attached hydrogens (tertiary/aromatic N) is 2. The van der Waals surface area contributed by atoms with E-state index in [1.54, 1.807) is 54.7 Å². The van der Waals surface area contributed by atoms with Crippen molar-refractivity contribution in [2.45, 2.75) is 120 Å². The molecule has 0 unspecified atom stereocenters. The molecule has 0 radical (unpaired) electrons. The fourth-order valence-corrected chi connectivity index (χ4v) is 8.44. The Hall–Kier alpha value is -8.57. The number of hydrogen-bond acceptors (Lipinski definition) is 15. The maximum atomic E-state index is 14.7. The van der Waals surface area contributed by atoms with Crippen LogP contribution in [-0.4, -0.2) is 169 Å². The molecule has 4 aromatic rings. The van der Waals surface area contributed by atoms with Crippen LogP contribution in [-0.2, 0) is 67.2 Å². The zero-order valence-electron chi connectivity index (χ0n) is 45.1. The number of carboxylic acids is 3. The van der Waals surface area contributed by atoms with Gasteiger partial charge in [-0.25, -0.2) is 9.78 Å². The van der Waals surface area contributed by atoms with Crippen molar-refractivity contribution in [3.05, 3.63) is 90.1 Å². The second-order valence-corrected chi connectivity index (χ2v) is 19.6. The predicted molar refractivity (Wildman–Crippen MR) is 301 cm³/mol. The van der Waals surface area contributed by atoms with Crippen molar-refractivity contribution in [2.75, 3.05) is 31.6 Å². The quantitative estimate of drug-likeness (QED) is 0.0138. The number of H-pyrrole nitrogens is 2. The maximum absolute atomic E-state index is 14.7. The Labute approximate surface area is 471 Å². The van der Waals surface area contributed by atoms with Crippen molar-refractivity contribution >= 4 is 87.9 Å². The number of nitrogens with two attached hydrogens (primary N) is 4. The summed E-state index contributed by atoms with van der Waals surface area (Å²) in [5, 5.41) is 45.5. The van der Waals surface area contributed by atoms with Gasteiger partial charge in [0, 0.05) is 68.1 Å². The number of aromatic amines is 2. The van der Waals surface area contributed by atoms with Crippen LogP contribution in [0, 0.1) is 0 Å². The minimum atomic E-state index is -1.46. The zero-order chi connectivity index (χ0) is 59.9. The molecule has 0 saturated carbocycles. The van der Waals surface area contributed by atoms with E-state index < -0.39 is 115 Å². The minimum absolute atomic E-state index is 0.0245. The van der Waals surface area contributed by atoms with Crippen LogP contribution in [0.3, 0.4) is 0 Å². The van der Waals surface area contributed by atoms with E-state index in [0.717, 1.165) is 17.8 Å². The van der Waals surface area contributed by atoms with Crippen molar-refractivity contribution in [3.63, 3.8) is 0 Å². The smallest absolute Gasteiger partial charge is 0.326 e. The summed E-state index contributed by atoms with van der Waals surface area (Å²) in [6.07, 6.45) is 6.26. The molecule has 0 aliphatic rings. The van der Waals surface area contributed by atoms with Crippen LogP contribution in [0.25, 0.3) is 10.9 Å². The second-order valence-electron chi connectivity index (χ2n) is 18.6. The predicted octanol–water partition coefficient (Wildman–Crippen LogP) is -1.75. The van der Waals surface area contributed by atoms with Crippen molar-refractivity contribution in [1.82, 2.24) is 52.2 Å². The molecule has 20 N–H and O–H groups in total. The van der Waals surface area contributed by atoms with Crippen LogP contribution in [0.2, 0.25) is 0 Å². The summed E-state index contributed by atoms with van der Waals surface area (Å²) in [5.74, 6) is -8.88. The van der Waals surface area contributed by atoms with E-state index in [1.807, 2.05) is 12.3 Å². The third kappa shape index (κ3) is 25.4. The summed E-state index contributed by atoms with van der Waals surface area (Å²) in [5.41, 5.74) is 25.0. The average Bonchev–Trinajstić information content (AvgIpc) is 4.16. The van der Waals surface area contributed by atoms with Gasteiger partial charge in [0.1, 0.15) is 36.3 Å². The Balaban J connectivity index is 0.00000416. The lowest BCUT2D eigenvalue weighted by Gasteiger charge is -2.27. The highest BCUT2D eigenvalue weighted by Gasteiger charge is 2.34. The van der Waals surface area contributed by atoms with Gasteiger partial charge in [-0.2, -0.15) is 11.8 Å². The Morgan fingerprint density at radius 2 is 1.22 bits per heavy atom. The monoisotopic (exact) mass is 1150 g/mol. The van der Waals surface area contributed by atoms with Gasteiger partial charge >= 0.3 is 11.9 Å². The second kappa shape index (κ2) is 35.8. The van der Waals surface area contributed by atoms with E-state index in [2.05, 4.69) is 57.2 Å². The van der Waals surface area contributed by atoms with E-state index in [9.17, 15) is 53.4 Å². The molecule has 0 spiro atoms. The van der Waals surface area contributed by atoms with Crippen LogP contribution in [0.15, 0.2) is 78.3 Å². The first-order valence-electron chi connectivity index (χ1n) is 25.9. The number of aliphatic carboxylic acids is 3. The van der Waals surface area contributed by atoms with Gasteiger partial charge in [0.25, 0.3) is 5.97 Å². The average molecular weight is 1150 g/mol. The molecule has 7 atom stereocenters. The highest BCUT2D eigenvalue weighted by molar-refractivity contribution is 7.98. The topological polar surface area (TPSA) is 477 Å². The summed E-state index contributed by atoms with van der Waals surface area (Å²) in [4.78, 5) is 144. The van der Waals surface area contributed by atoms with Crippen molar-refractivity contribution in [2.24, 2.45) is 27.9 Å². The summed E-state index contributed by atoms with van der Waals surface area (Å²) in [7, 11) is 0. The van der Waals surface area contributed by atoms with Crippen LogP contribution < -0.4 is 60.2 Å². The molecular formula is C52H75N15O13S. The number of amides is 7. The molecule has 0 bridgehead atoms. The van der Waals surface area contributed by atoms with Gasteiger partial charge in [0.15, 0.2) is 5.96 Å². The number of aliphatic imine (C=N–C) groups is 1. The maximum Gasteiger partial charge on any atom is 0.326 e. The number of carbonyl (C=O) groups excluding carboxylic acids is 7. The van der Waals surface area contributed by atoms with Gasteiger partial charge in [-0.05, 0) is 80.7 Å². The van der Waals surface area contributed by atoms with Gasteiger partial charge in [-0.1, -0.05) is 48.5 Å². The number of carbonyl (C=O) groups is 10. The van der Waals surface area contributed by atoms with E-state index in [0.29, 0.717) is 42.0 Å². The number of imidazole rings is 1. The molecule has 29 heteroatoms. The fourth-order valence-electron chi connectivity index (χ4n) is 7.95. The Bertz CT molecular complexity index is 2720. The molecule has 2 aromatic carbocycles. The normalized spacial score (nSPS) is 13.4. The summed E-state index contributed by atoms with van der Waals surface area (Å²) in [6, 6.07) is 6.39. The van der Waals surface area contributed by atoms with E-state index in [4.69, 9.17) is 32.8 Å². The Kier molecular flexibility index (Phi) is 29.5. The molecule has 4 rings (SSSR count). The highest BCUT2D eigenvalue weighted by Crippen LogP contribution is 2.20. The van der Waals surface area contributed by atoms with Crippen LogP contribution in [0.1, 0.15) is 75.1 Å².